The number of nitrogens with zero attached hydrogens (tertiary/aromatic N) is 2. The summed E-state index contributed by atoms with van der Waals surface area (Å²) in [6.07, 6.45) is 0.902. The predicted molar refractivity (Wildman–Crippen MR) is 167 cm³/mol. The van der Waals surface area contributed by atoms with Gasteiger partial charge in [-0.1, -0.05) is 41.5 Å². The summed E-state index contributed by atoms with van der Waals surface area (Å²) in [6.45, 7) is 21.0. The van der Waals surface area contributed by atoms with Crippen molar-refractivity contribution in [2.45, 2.75) is 84.1 Å². The Bertz CT molecular complexity index is 1180. The van der Waals surface area contributed by atoms with E-state index in [2.05, 4.69) is 77.3 Å². The highest BCUT2D eigenvalue weighted by Gasteiger charge is 2.36. The highest BCUT2D eigenvalue weighted by molar-refractivity contribution is 8.00. The molecule has 2 aromatic carbocycles. The summed E-state index contributed by atoms with van der Waals surface area (Å²) in [4.78, 5) is 17.6. The van der Waals surface area contributed by atoms with Gasteiger partial charge in [-0.2, -0.15) is 0 Å². The average Bonchev–Trinajstić information content (AvgIpc) is 3.51. The van der Waals surface area contributed by atoms with E-state index in [1.165, 1.54) is 16.7 Å². The summed E-state index contributed by atoms with van der Waals surface area (Å²) >= 11 is 1.73. The normalized spacial score (nSPS) is 17.2. The van der Waals surface area contributed by atoms with Gasteiger partial charge in [-0.05, 0) is 60.9 Å². The van der Waals surface area contributed by atoms with Crippen molar-refractivity contribution in [3.63, 3.8) is 0 Å². The number of hydrogen-bond acceptors (Lipinski definition) is 7. The fourth-order valence-electron chi connectivity index (χ4n) is 5.42. The van der Waals surface area contributed by atoms with Gasteiger partial charge in [0.15, 0.2) is 11.5 Å². The van der Waals surface area contributed by atoms with Crippen LogP contribution in [0.4, 0.5) is 0 Å². The van der Waals surface area contributed by atoms with Crippen LogP contribution < -0.4 is 18.9 Å². The summed E-state index contributed by atoms with van der Waals surface area (Å²) in [6, 6.07) is 10.6. The Morgan fingerprint density at radius 1 is 1.00 bits per heavy atom. The Balaban J connectivity index is 1.42. The minimum atomic E-state index is -0.0834. The molecule has 7 nitrogen and oxygen atoms in total. The molecule has 0 N–H and O–H groups in total. The van der Waals surface area contributed by atoms with Crippen LogP contribution in [0.1, 0.15) is 83.9 Å². The van der Waals surface area contributed by atoms with E-state index in [4.69, 9.17) is 18.9 Å². The van der Waals surface area contributed by atoms with Gasteiger partial charge >= 0.3 is 0 Å². The van der Waals surface area contributed by atoms with Gasteiger partial charge in [0.2, 0.25) is 12.7 Å². The van der Waals surface area contributed by atoms with Gasteiger partial charge in [-0.3, -0.25) is 9.69 Å². The molecule has 0 aliphatic carbocycles. The first kappa shape index (κ1) is 31.4. The van der Waals surface area contributed by atoms with E-state index in [-0.39, 0.29) is 28.9 Å². The summed E-state index contributed by atoms with van der Waals surface area (Å²) in [7, 11) is 1.76. The molecular formula is C33H48N2O5S. The fraction of sp³-hybridized carbons (Fsp3) is 0.606. The van der Waals surface area contributed by atoms with Crippen LogP contribution in [0.2, 0.25) is 0 Å². The average molecular weight is 585 g/mol. The molecule has 2 aliphatic heterocycles. The summed E-state index contributed by atoms with van der Waals surface area (Å²) in [5, 5.41) is 0.0115. The Kier molecular flexibility index (Phi) is 9.74. The smallest absolute Gasteiger partial charge is 0.233 e. The van der Waals surface area contributed by atoms with E-state index in [0.717, 1.165) is 49.1 Å². The van der Waals surface area contributed by atoms with Crippen molar-refractivity contribution >= 4 is 17.7 Å². The molecule has 1 amide bonds. The van der Waals surface area contributed by atoms with Crippen molar-refractivity contribution < 1.29 is 23.7 Å². The second kappa shape index (κ2) is 12.7. The molecule has 226 valence electrons. The molecular weight excluding hydrogens is 536 g/mol. The molecule has 1 unspecified atom stereocenters. The number of carbonyl (C=O) groups excluding carboxylic acids is 1. The number of amides is 1. The zero-order valence-electron chi connectivity index (χ0n) is 26.3. The zero-order chi connectivity index (χ0) is 29.9. The fourth-order valence-corrected chi connectivity index (χ4v) is 6.62. The molecule has 1 saturated heterocycles. The van der Waals surface area contributed by atoms with E-state index in [1.807, 2.05) is 18.2 Å². The highest BCUT2D eigenvalue weighted by atomic mass is 32.2. The second-order valence-electron chi connectivity index (χ2n) is 13.2. The minimum absolute atomic E-state index is 0.0115. The number of ether oxygens (including phenoxy) is 4. The van der Waals surface area contributed by atoms with Crippen LogP contribution in [-0.4, -0.2) is 67.6 Å². The summed E-state index contributed by atoms with van der Waals surface area (Å²) in [5.41, 5.74) is 3.40. The molecule has 2 aromatic rings. The van der Waals surface area contributed by atoms with Crippen LogP contribution in [0.5, 0.6) is 23.0 Å². The molecule has 2 heterocycles. The lowest BCUT2D eigenvalue weighted by molar-refractivity contribution is -0.128. The Morgan fingerprint density at radius 2 is 1.66 bits per heavy atom. The highest BCUT2D eigenvalue weighted by Crippen LogP contribution is 2.46. The summed E-state index contributed by atoms with van der Waals surface area (Å²) < 4.78 is 22.8. The molecule has 8 heteroatoms. The van der Waals surface area contributed by atoms with Gasteiger partial charge in [-0.15, -0.1) is 11.8 Å². The van der Waals surface area contributed by atoms with Crippen molar-refractivity contribution in [1.29, 1.82) is 0 Å². The molecule has 0 aromatic heterocycles. The predicted octanol–water partition coefficient (Wildman–Crippen LogP) is 6.77. The van der Waals surface area contributed by atoms with Crippen LogP contribution in [0.3, 0.4) is 0 Å². The molecule has 1 fully saturated rings. The Hall–Kier alpha value is -2.58. The van der Waals surface area contributed by atoms with Crippen molar-refractivity contribution in [3.05, 3.63) is 47.0 Å². The monoisotopic (exact) mass is 584 g/mol. The SMILES string of the molecule is COc1c(C(C)(C)C)cc(C2SCC(=O)N2CCCN(CCOc2ccc3c(c2)OCO3)C(C)C)cc1C(C)(C)C. The molecule has 4 rings (SSSR count). The van der Waals surface area contributed by atoms with Crippen molar-refractivity contribution in [2.24, 2.45) is 0 Å². The minimum Gasteiger partial charge on any atom is -0.496 e. The number of benzene rings is 2. The maximum atomic E-state index is 13.1. The van der Waals surface area contributed by atoms with Gasteiger partial charge in [0.25, 0.3) is 0 Å². The number of rotatable bonds is 11. The van der Waals surface area contributed by atoms with Gasteiger partial charge in [0, 0.05) is 42.9 Å². The van der Waals surface area contributed by atoms with Crippen LogP contribution in [-0.2, 0) is 15.6 Å². The Morgan fingerprint density at radius 3 is 2.27 bits per heavy atom. The van der Waals surface area contributed by atoms with Gasteiger partial charge in [0.1, 0.15) is 23.5 Å². The Labute approximate surface area is 250 Å². The van der Waals surface area contributed by atoms with E-state index < -0.39 is 0 Å². The standard InChI is InChI=1S/C33H48N2O5S/c1-22(2)34(15-16-38-24-11-12-27-28(19-24)40-21-39-27)13-10-14-35-29(36)20-41-31(35)23-17-25(32(3,4)5)30(37-9)26(18-23)33(6,7)8/h11-12,17-19,22,31H,10,13-16,20-21H2,1-9H3. The van der Waals surface area contributed by atoms with Gasteiger partial charge in [-0.25, -0.2) is 0 Å². The zero-order valence-corrected chi connectivity index (χ0v) is 27.2. The van der Waals surface area contributed by atoms with Gasteiger partial charge < -0.3 is 23.8 Å². The topological polar surface area (TPSA) is 60.5 Å². The van der Waals surface area contributed by atoms with Crippen LogP contribution in [0.15, 0.2) is 30.3 Å². The third-order valence-electron chi connectivity index (χ3n) is 7.75. The van der Waals surface area contributed by atoms with E-state index in [1.54, 1.807) is 18.9 Å². The molecule has 41 heavy (non-hydrogen) atoms. The molecule has 0 saturated carbocycles. The van der Waals surface area contributed by atoms with Crippen molar-refractivity contribution in [1.82, 2.24) is 9.80 Å². The first-order valence-electron chi connectivity index (χ1n) is 14.7. The number of carbonyl (C=O) groups is 1. The maximum absolute atomic E-state index is 13.1. The molecule has 0 spiro atoms. The van der Waals surface area contributed by atoms with E-state index in [0.29, 0.717) is 18.4 Å². The third kappa shape index (κ3) is 7.44. The number of thioether (sulfide) groups is 1. The first-order chi connectivity index (χ1) is 19.3. The number of hydrogen-bond donors (Lipinski definition) is 0. The quantitative estimate of drug-likeness (QED) is 0.289. The van der Waals surface area contributed by atoms with Crippen LogP contribution in [0.25, 0.3) is 0 Å². The van der Waals surface area contributed by atoms with Crippen LogP contribution >= 0.6 is 11.8 Å². The second-order valence-corrected chi connectivity index (χ2v) is 14.3. The van der Waals surface area contributed by atoms with E-state index in [9.17, 15) is 4.79 Å². The molecule has 1 atom stereocenters. The maximum Gasteiger partial charge on any atom is 0.233 e. The van der Waals surface area contributed by atoms with Crippen LogP contribution in [0, 0.1) is 0 Å². The van der Waals surface area contributed by atoms with E-state index >= 15 is 0 Å². The lowest BCUT2D eigenvalue weighted by atomic mass is 9.78. The largest absolute Gasteiger partial charge is 0.496 e. The summed E-state index contributed by atoms with van der Waals surface area (Å²) in [5.74, 6) is 3.96. The third-order valence-corrected chi connectivity index (χ3v) is 9.01. The van der Waals surface area contributed by atoms with Crippen molar-refractivity contribution in [3.8, 4) is 23.0 Å². The molecule has 0 bridgehead atoms. The molecule has 0 radical (unpaired) electrons. The van der Waals surface area contributed by atoms with Crippen molar-refractivity contribution in [2.75, 3.05) is 45.9 Å². The molecule has 2 aliphatic rings. The number of methoxy groups -OCH3 is 1. The first-order valence-corrected chi connectivity index (χ1v) is 15.7. The lowest BCUT2D eigenvalue weighted by Crippen LogP contribution is -2.38. The number of fused-ring (bicyclic) bond motifs is 1. The lowest BCUT2D eigenvalue weighted by Gasteiger charge is -2.33. The van der Waals surface area contributed by atoms with Gasteiger partial charge in [0.05, 0.1) is 12.9 Å².